The number of nitrogens with zero attached hydrogens (tertiary/aromatic N) is 2. The maximum atomic E-state index is 13.2. The molecule has 33 heavy (non-hydrogen) atoms. The summed E-state index contributed by atoms with van der Waals surface area (Å²) < 4.78 is 6.02. The fraction of sp³-hybridized carbons (Fsp3) is 0.321. The van der Waals surface area contributed by atoms with Crippen LogP contribution in [0.4, 0.5) is 0 Å². The van der Waals surface area contributed by atoms with Crippen LogP contribution in [0.25, 0.3) is 0 Å². The van der Waals surface area contributed by atoms with Gasteiger partial charge in [-0.3, -0.25) is 14.6 Å². The zero-order valence-electron chi connectivity index (χ0n) is 19.5. The summed E-state index contributed by atoms with van der Waals surface area (Å²) in [6.07, 6.45) is 4.92. The van der Waals surface area contributed by atoms with Crippen molar-refractivity contribution >= 4 is 11.7 Å². The Labute approximate surface area is 195 Å². The first-order valence-electron chi connectivity index (χ1n) is 11.5. The third kappa shape index (κ3) is 5.30. The highest BCUT2D eigenvalue weighted by molar-refractivity contribution is 5.98. The average molecular weight is 443 g/mol. The fourth-order valence-corrected chi connectivity index (χ4v) is 4.42. The highest BCUT2D eigenvalue weighted by atomic mass is 16.5. The summed E-state index contributed by atoms with van der Waals surface area (Å²) in [5, 5.41) is 0. The van der Waals surface area contributed by atoms with E-state index < -0.39 is 0 Å². The lowest BCUT2D eigenvalue weighted by Gasteiger charge is -2.31. The molecule has 2 aromatic carbocycles. The highest BCUT2D eigenvalue weighted by Crippen LogP contribution is 2.28. The molecule has 0 bridgehead atoms. The van der Waals surface area contributed by atoms with E-state index >= 15 is 0 Å². The van der Waals surface area contributed by atoms with Crippen molar-refractivity contribution in [1.29, 1.82) is 0 Å². The number of ketones is 1. The van der Waals surface area contributed by atoms with Crippen LogP contribution in [-0.4, -0.2) is 34.7 Å². The Balaban J connectivity index is 1.38. The fourth-order valence-electron chi connectivity index (χ4n) is 4.42. The number of hydrogen-bond donors (Lipinski definition) is 0. The van der Waals surface area contributed by atoms with Crippen molar-refractivity contribution in [1.82, 2.24) is 9.88 Å². The van der Waals surface area contributed by atoms with Crippen molar-refractivity contribution in [3.05, 3.63) is 94.3 Å². The zero-order valence-corrected chi connectivity index (χ0v) is 19.5. The summed E-state index contributed by atoms with van der Waals surface area (Å²) in [6, 6.07) is 15.4. The van der Waals surface area contributed by atoms with Gasteiger partial charge >= 0.3 is 0 Å². The van der Waals surface area contributed by atoms with Gasteiger partial charge in [-0.15, -0.1) is 0 Å². The Morgan fingerprint density at radius 3 is 2.24 bits per heavy atom. The maximum Gasteiger partial charge on any atom is 0.253 e. The molecular formula is C28H30N2O3. The van der Waals surface area contributed by atoms with Gasteiger partial charge in [-0.05, 0) is 62.9 Å². The SMILES string of the molecule is Cc1ccc(C(=O)C2CCN(C(=O)c3cc(C)c(OCc4cccnc4)c(C)c3)CC2)cc1. The summed E-state index contributed by atoms with van der Waals surface area (Å²) >= 11 is 0. The molecular weight excluding hydrogens is 412 g/mol. The van der Waals surface area contributed by atoms with Crippen molar-refractivity contribution in [2.45, 2.75) is 40.2 Å². The molecule has 0 unspecified atom stereocenters. The molecule has 1 saturated heterocycles. The van der Waals surface area contributed by atoms with Crippen LogP contribution in [0.5, 0.6) is 5.75 Å². The van der Waals surface area contributed by atoms with Gasteiger partial charge in [0.1, 0.15) is 12.4 Å². The third-order valence-electron chi connectivity index (χ3n) is 6.30. The Morgan fingerprint density at radius 2 is 1.64 bits per heavy atom. The molecule has 0 radical (unpaired) electrons. The molecule has 2 heterocycles. The third-order valence-corrected chi connectivity index (χ3v) is 6.30. The van der Waals surface area contributed by atoms with E-state index in [1.165, 1.54) is 0 Å². The molecule has 1 aliphatic heterocycles. The topological polar surface area (TPSA) is 59.5 Å². The van der Waals surface area contributed by atoms with E-state index in [0.29, 0.717) is 38.1 Å². The van der Waals surface area contributed by atoms with Gasteiger partial charge in [-0.25, -0.2) is 0 Å². The van der Waals surface area contributed by atoms with Gasteiger partial charge in [0.25, 0.3) is 5.91 Å². The van der Waals surface area contributed by atoms with E-state index in [9.17, 15) is 9.59 Å². The van der Waals surface area contributed by atoms with Crippen LogP contribution >= 0.6 is 0 Å². The quantitative estimate of drug-likeness (QED) is 0.485. The average Bonchev–Trinajstić information content (AvgIpc) is 2.84. The highest BCUT2D eigenvalue weighted by Gasteiger charge is 2.28. The molecule has 1 aliphatic rings. The van der Waals surface area contributed by atoms with E-state index in [1.54, 1.807) is 12.4 Å². The number of piperidine rings is 1. The molecule has 0 atom stereocenters. The number of rotatable bonds is 6. The number of pyridine rings is 1. The first-order valence-corrected chi connectivity index (χ1v) is 11.5. The second-order valence-electron chi connectivity index (χ2n) is 8.89. The monoisotopic (exact) mass is 442 g/mol. The summed E-state index contributed by atoms with van der Waals surface area (Å²) in [5.74, 6) is 0.978. The smallest absolute Gasteiger partial charge is 0.253 e. The number of likely N-dealkylation sites (tertiary alicyclic amines) is 1. The van der Waals surface area contributed by atoms with Gasteiger partial charge in [-0.1, -0.05) is 35.9 Å². The minimum atomic E-state index is -0.0246. The molecule has 1 aromatic heterocycles. The number of aryl methyl sites for hydroxylation is 3. The molecule has 0 spiro atoms. The van der Waals surface area contributed by atoms with Gasteiger partial charge < -0.3 is 9.64 Å². The van der Waals surface area contributed by atoms with Crippen LogP contribution in [0.1, 0.15) is 55.8 Å². The number of carbonyl (C=O) groups excluding carboxylic acids is 2. The van der Waals surface area contributed by atoms with Crippen LogP contribution in [0.15, 0.2) is 60.9 Å². The van der Waals surface area contributed by atoms with Crippen molar-refractivity contribution in [3.63, 3.8) is 0 Å². The van der Waals surface area contributed by atoms with E-state index in [-0.39, 0.29) is 17.6 Å². The van der Waals surface area contributed by atoms with Crippen molar-refractivity contribution in [3.8, 4) is 5.75 Å². The van der Waals surface area contributed by atoms with Gasteiger partial charge in [0.05, 0.1) is 0 Å². The first kappa shape index (κ1) is 22.7. The minimum absolute atomic E-state index is 0.0150. The predicted octanol–water partition coefficient (Wildman–Crippen LogP) is 5.32. The maximum absolute atomic E-state index is 13.2. The second kappa shape index (κ2) is 9.99. The Morgan fingerprint density at radius 1 is 0.970 bits per heavy atom. The number of amides is 1. The van der Waals surface area contributed by atoms with Crippen LogP contribution in [0.3, 0.4) is 0 Å². The van der Waals surface area contributed by atoms with Gasteiger partial charge in [0, 0.05) is 48.1 Å². The van der Waals surface area contributed by atoms with Gasteiger partial charge in [-0.2, -0.15) is 0 Å². The van der Waals surface area contributed by atoms with Crippen molar-refractivity contribution in [2.24, 2.45) is 5.92 Å². The number of Topliss-reactive ketones (excluding diaryl/α,β-unsaturated/α-hetero) is 1. The Hall–Kier alpha value is -3.47. The Kier molecular flexibility index (Phi) is 6.87. The number of aromatic nitrogens is 1. The summed E-state index contributed by atoms with van der Waals surface area (Å²) in [7, 11) is 0. The molecule has 170 valence electrons. The van der Waals surface area contributed by atoms with Gasteiger partial charge in [0.15, 0.2) is 5.78 Å². The lowest BCUT2D eigenvalue weighted by molar-refractivity contribution is 0.0650. The number of benzene rings is 2. The molecule has 3 aromatic rings. The van der Waals surface area contributed by atoms with Crippen LogP contribution in [0.2, 0.25) is 0 Å². The second-order valence-corrected chi connectivity index (χ2v) is 8.89. The largest absolute Gasteiger partial charge is 0.488 e. The summed E-state index contributed by atoms with van der Waals surface area (Å²) in [5.41, 5.74) is 5.45. The molecule has 5 heteroatoms. The lowest BCUT2D eigenvalue weighted by Crippen LogP contribution is -2.40. The van der Waals surface area contributed by atoms with Gasteiger partial charge in [0.2, 0.25) is 0 Å². The lowest BCUT2D eigenvalue weighted by atomic mass is 9.88. The summed E-state index contributed by atoms with van der Waals surface area (Å²) in [6.45, 7) is 7.58. The zero-order chi connectivity index (χ0) is 23.4. The molecule has 1 fully saturated rings. The van der Waals surface area contributed by atoms with Crippen molar-refractivity contribution in [2.75, 3.05) is 13.1 Å². The number of ether oxygens (including phenoxy) is 1. The van der Waals surface area contributed by atoms with Crippen LogP contribution in [0, 0.1) is 26.7 Å². The molecule has 4 rings (SSSR count). The van der Waals surface area contributed by atoms with Crippen molar-refractivity contribution < 1.29 is 14.3 Å². The normalized spacial score (nSPS) is 14.2. The van der Waals surface area contributed by atoms with Crippen LogP contribution in [-0.2, 0) is 6.61 Å². The predicted molar refractivity (Wildman–Crippen MR) is 129 cm³/mol. The Bertz CT molecular complexity index is 1110. The van der Waals surface area contributed by atoms with E-state index in [2.05, 4.69) is 4.98 Å². The molecule has 1 amide bonds. The standard InChI is InChI=1S/C28H30N2O3/c1-19-6-8-23(9-7-19)26(31)24-10-13-30(14-11-24)28(32)25-15-20(2)27(21(3)16-25)33-18-22-5-4-12-29-17-22/h4-9,12,15-17,24H,10-11,13-14,18H2,1-3H3. The van der Waals surface area contributed by atoms with E-state index in [0.717, 1.165) is 33.6 Å². The first-order chi connectivity index (χ1) is 15.9. The van der Waals surface area contributed by atoms with Crippen LogP contribution < -0.4 is 4.74 Å². The minimum Gasteiger partial charge on any atom is -0.488 e. The molecule has 0 saturated carbocycles. The molecule has 0 aliphatic carbocycles. The molecule has 0 N–H and O–H groups in total. The number of carbonyl (C=O) groups is 2. The van der Waals surface area contributed by atoms with E-state index in [1.807, 2.05) is 74.2 Å². The molecule has 5 nitrogen and oxygen atoms in total. The van der Waals surface area contributed by atoms with E-state index in [4.69, 9.17) is 4.74 Å². The number of hydrogen-bond acceptors (Lipinski definition) is 4. The summed E-state index contributed by atoms with van der Waals surface area (Å²) in [4.78, 5) is 32.0.